The van der Waals surface area contributed by atoms with E-state index in [0.29, 0.717) is 29.1 Å². The van der Waals surface area contributed by atoms with Crippen molar-refractivity contribution in [3.8, 4) is 5.69 Å². The van der Waals surface area contributed by atoms with Crippen molar-refractivity contribution in [3.05, 3.63) is 59.7 Å². The number of benzene rings is 2. The maximum atomic E-state index is 13.1. The molecule has 6 heteroatoms. The number of fused-ring (bicyclic) bond motifs is 2. The highest BCUT2D eigenvalue weighted by atomic mass is 16.5. The molecule has 2 heterocycles. The lowest BCUT2D eigenvalue weighted by Gasteiger charge is -2.09. The molecular weight excluding hydrogens is 400 g/mol. The third-order valence-electron chi connectivity index (χ3n) is 5.79. The van der Waals surface area contributed by atoms with Crippen molar-refractivity contribution in [1.82, 2.24) is 14.5 Å². The Kier molecular flexibility index (Phi) is 6.69. The van der Waals surface area contributed by atoms with Crippen molar-refractivity contribution in [1.29, 1.82) is 0 Å². The molecule has 0 fully saturated rings. The molecule has 2 N–H and O–H groups in total. The Labute approximate surface area is 188 Å². The van der Waals surface area contributed by atoms with Gasteiger partial charge in [-0.2, -0.15) is 0 Å². The summed E-state index contributed by atoms with van der Waals surface area (Å²) in [5.41, 5.74) is 11.4. The van der Waals surface area contributed by atoms with Crippen molar-refractivity contribution < 1.29 is 9.53 Å². The Morgan fingerprint density at radius 3 is 2.31 bits per heavy atom. The zero-order valence-corrected chi connectivity index (χ0v) is 18.8. The fourth-order valence-corrected chi connectivity index (χ4v) is 3.95. The lowest BCUT2D eigenvalue weighted by Crippen LogP contribution is -2.10. The lowest BCUT2D eigenvalue weighted by atomic mass is 10.1. The Balaban J connectivity index is 1.75. The summed E-state index contributed by atoms with van der Waals surface area (Å²) in [6, 6.07) is 15.7. The average Bonchev–Trinajstić information content (AvgIpc) is 3.10. The number of unbranched alkanes of at least 4 members (excludes halogenated alkanes) is 4. The van der Waals surface area contributed by atoms with Crippen LogP contribution in [0.25, 0.3) is 27.9 Å². The van der Waals surface area contributed by atoms with Gasteiger partial charge in [-0.15, -0.1) is 0 Å². The van der Waals surface area contributed by atoms with Gasteiger partial charge in [0.2, 0.25) is 0 Å². The van der Waals surface area contributed by atoms with Crippen LogP contribution >= 0.6 is 0 Å². The van der Waals surface area contributed by atoms with E-state index in [9.17, 15) is 4.79 Å². The molecule has 0 saturated heterocycles. The maximum Gasteiger partial charge on any atom is 0.344 e. The number of aromatic nitrogens is 3. The lowest BCUT2D eigenvalue weighted by molar-refractivity contribution is 0.0501. The van der Waals surface area contributed by atoms with Gasteiger partial charge in [-0.05, 0) is 42.7 Å². The molecule has 32 heavy (non-hydrogen) atoms. The first-order chi connectivity index (χ1) is 15.6. The van der Waals surface area contributed by atoms with E-state index < -0.39 is 5.97 Å². The SMILES string of the molecule is CCCCCCCOC(=O)c1c(N)n(-c2ccc(CC)cc2)c2nc3ccccc3nc12. The van der Waals surface area contributed by atoms with E-state index in [0.717, 1.165) is 36.9 Å². The Hall–Kier alpha value is -3.41. The number of esters is 1. The van der Waals surface area contributed by atoms with Gasteiger partial charge in [0, 0.05) is 5.69 Å². The minimum Gasteiger partial charge on any atom is -0.462 e. The molecule has 2 aromatic carbocycles. The van der Waals surface area contributed by atoms with Crippen LogP contribution in [0.4, 0.5) is 5.82 Å². The van der Waals surface area contributed by atoms with E-state index >= 15 is 0 Å². The van der Waals surface area contributed by atoms with Gasteiger partial charge < -0.3 is 10.5 Å². The van der Waals surface area contributed by atoms with E-state index in [1.807, 2.05) is 36.4 Å². The minimum atomic E-state index is -0.448. The van der Waals surface area contributed by atoms with Gasteiger partial charge in [-0.25, -0.2) is 14.8 Å². The number of anilines is 1. The molecule has 0 unspecified atom stereocenters. The van der Waals surface area contributed by atoms with E-state index in [2.05, 4.69) is 26.0 Å². The van der Waals surface area contributed by atoms with E-state index in [1.165, 1.54) is 18.4 Å². The van der Waals surface area contributed by atoms with Crippen LogP contribution in [0.15, 0.2) is 48.5 Å². The number of hydrogen-bond acceptors (Lipinski definition) is 5. The molecule has 4 aromatic rings. The fourth-order valence-electron chi connectivity index (χ4n) is 3.95. The number of rotatable bonds is 9. The van der Waals surface area contributed by atoms with Gasteiger partial charge in [0.05, 0.1) is 17.6 Å². The van der Waals surface area contributed by atoms with Crippen LogP contribution in [-0.2, 0) is 11.2 Å². The number of nitrogen functional groups attached to an aromatic ring is 1. The van der Waals surface area contributed by atoms with Crippen molar-refractivity contribution in [3.63, 3.8) is 0 Å². The Morgan fingerprint density at radius 1 is 0.938 bits per heavy atom. The Morgan fingerprint density at radius 2 is 1.62 bits per heavy atom. The molecule has 4 rings (SSSR count). The highest BCUT2D eigenvalue weighted by Crippen LogP contribution is 2.31. The van der Waals surface area contributed by atoms with E-state index in [1.54, 1.807) is 4.57 Å². The van der Waals surface area contributed by atoms with Gasteiger partial charge >= 0.3 is 5.97 Å². The summed E-state index contributed by atoms with van der Waals surface area (Å²) >= 11 is 0. The van der Waals surface area contributed by atoms with Crippen molar-refractivity contribution in [2.24, 2.45) is 0 Å². The summed E-state index contributed by atoms with van der Waals surface area (Å²) in [5, 5.41) is 0. The van der Waals surface area contributed by atoms with E-state index in [4.69, 9.17) is 20.4 Å². The largest absolute Gasteiger partial charge is 0.462 e. The molecule has 2 aromatic heterocycles. The van der Waals surface area contributed by atoms with Crippen LogP contribution in [0, 0.1) is 0 Å². The predicted octanol–water partition coefficient (Wildman–Crippen LogP) is 5.85. The van der Waals surface area contributed by atoms with E-state index in [-0.39, 0.29) is 5.56 Å². The molecule has 0 amide bonds. The summed E-state index contributed by atoms with van der Waals surface area (Å²) in [7, 11) is 0. The number of nitrogens with two attached hydrogens (primary N) is 1. The zero-order valence-electron chi connectivity index (χ0n) is 18.8. The number of carbonyl (C=O) groups is 1. The maximum absolute atomic E-state index is 13.1. The summed E-state index contributed by atoms with van der Waals surface area (Å²) in [6.07, 6.45) is 6.38. The summed E-state index contributed by atoms with van der Waals surface area (Å²) in [5.74, 6) is -0.146. The summed E-state index contributed by atoms with van der Waals surface area (Å²) in [6.45, 7) is 4.67. The molecular formula is C26H30N4O2. The van der Waals surface area contributed by atoms with Gasteiger partial charge in [0.1, 0.15) is 16.9 Å². The van der Waals surface area contributed by atoms with Gasteiger partial charge in [0.25, 0.3) is 0 Å². The van der Waals surface area contributed by atoms with Gasteiger partial charge in [-0.3, -0.25) is 4.57 Å². The molecule has 6 nitrogen and oxygen atoms in total. The van der Waals surface area contributed by atoms with Gasteiger partial charge in [-0.1, -0.05) is 63.8 Å². The smallest absolute Gasteiger partial charge is 0.344 e. The highest BCUT2D eigenvalue weighted by Gasteiger charge is 2.25. The average molecular weight is 431 g/mol. The molecule has 0 aliphatic carbocycles. The number of para-hydroxylation sites is 2. The first-order valence-corrected chi connectivity index (χ1v) is 11.5. The summed E-state index contributed by atoms with van der Waals surface area (Å²) < 4.78 is 7.39. The van der Waals surface area contributed by atoms with Crippen molar-refractivity contribution >= 4 is 34.0 Å². The zero-order chi connectivity index (χ0) is 22.5. The second kappa shape index (κ2) is 9.81. The number of hydrogen-bond donors (Lipinski definition) is 1. The molecule has 0 radical (unpaired) electrons. The molecule has 0 bridgehead atoms. The van der Waals surface area contributed by atoms with Crippen LogP contribution in [0.2, 0.25) is 0 Å². The third kappa shape index (κ3) is 4.31. The van der Waals surface area contributed by atoms with Crippen molar-refractivity contribution in [2.75, 3.05) is 12.3 Å². The van der Waals surface area contributed by atoms with Crippen LogP contribution in [0.1, 0.15) is 61.9 Å². The molecule has 0 atom stereocenters. The standard InChI is InChI=1S/C26H30N4O2/c1-3-5-6-7-10-17-32-26(31)22-23-25(29-21-12-9-8-11-20(21)28-23)30(24(22)27)19-15-13-18(4-2)14-16-19/h8-9,11-16H,3-7,10,17,27H2,1-2H3. The molecule has 0 aliphatic rings. The molecule has 0 aliphatic heterocycles. The molecule has 0 saturated carbocycles. The predicted molar refractivity (Wildman–Crippen MR) is 129 cm³/mol. The fraction of sp³-hybridized carbons (Fsp3) is 0.346. The number of aryl methyl sites for hydroxylation is 1. The number of ether oxygens (including phenoxy) is 1. The van der Waals surface area contributed by atoms with Crippen LogP contribution in [0.3, 0.4) is 0 Å². The topological polar surface area (TPSA) is 83.0 Å². The van der Waals surface area contributed by atoms with Gasteiger partial charge in [0.15, 0.2) is 5.65 Å². The minimum absolute atomic E-state index is 0.284. The molecule has 0 spiro atoms. The number of carbonyl (C=O) groups excluding carboxylic acids is 1. The molecule has 166 valence electrons. The van der Waals surface area contributed by atoms with Crippen LogP contribution in [-0.4, -0.2) is 27.1 Å². The normalized spacial score (nSPS) is 11.3. The number of nitrogens with zero attached hydrogens (tertiary/aromatic N) is 3. The summed E-state index contributed by atoms with van der Waals surface area (Å²) in [4.78, 5) is 22.6. The first kappa shape index (κ1) is 21.8. The van der Waals surface area contributed by atoms with Crippen molar-refractivity contribution in [2.45, 2.75) is 52.4 Å². The van der Waals surface area contributed by atoms with Crippen LogP contribution < -0.4 is 5.73 Å². The first-order valence-electron chi connectivity index (χ1n) is 11.5. The monoisotopic (exact) mass is 430 g/mol. The third-order valence-corrected chi connectivity index (χ3v) is 5.79. The quantitative estimate of drug-likeness (QED) is 0.266. The second-order valence-corrected chi connectivity index (χ2v) is 8.05. The Bertz CT molecular complexity index is 1230. The highest BCUT2D eigenvalue weighted by molar-refractivity contribution is 6.09. The van der Waals surface area contributed by atoms with Crippen LogP contribution in [0.5, 0.6) is 0 Å². The second-order valence-electron chi connectivity index (χ2n) is 8.05.